The van der Waals surface area contributed by atoms with Gasteiger partial charge in [0.2, 0.25) is 0 Å². The molecule has 2 unspecified atom stereocenters. The number of esters is 1. The molecule has 0 aromatic carbocycles. The summed E-state index contributed by atoms with van der Waals surface area (Å²) in [6, 6.07) is 0.0570. The van der Waals surface area contributed by atoms with Gasteiger partial charge in [-0.1, -0.05) is 27.7 Å². The van der Waals surface area contributed by atoms with Crippen molar-refractivity contribution in [3.8, 4) is 0 Å². The highest BCUT2D eigenvalue weighted by molar-refractivity contribution is 5.70. The van der Waals surface area contributed by atoms with Crippen molar-refractivity contribution in [2.45, 2.75) is 53.0 Å². The largest absolute Gasteiger partial charge is 0.469 e. The Kier molecular flexibility index (Phi) is 5.88. The van der Waals surface area contributed by atoms with Crippen LogP contribution in [0, 0.1) is 11.3 Å². The van der Waals surface area contributed by atoms with Crippen molar-refractivity contribution in [3.63, 3.8) is 0 Å². The highest BCUT2D eigenvalue weighted by Gasteiger charge is 2.39. The Balaban J connectivity index is 4.89. The van der Waals surface area contributed by atoms with Crippen LogP contribution in [-0.2, 0) is 9.53 Å². The second-order valence-corrected chi connectivity index (χ2v) is 4.51. The van der Waals surface area contributed by atoms with Gasteiger partial charge in [0.15, 0.2) is 0 Å². The fourth-order valence-corrected chi connectivity index (χ4v) is 2.31. The lowest BCUT2D eigenvalue weighted by atomic mass is 9.66. The summed E-state index contributed by atoms with van der Waals surface area (Å²) in [4.78, 5) is 11.4. The minimum Gasteiger partial charge on any atom is -0.469 e. The van der Waals surface area contributed by atoms with Crippen LogP contribution < -0.4 is 5.73 Å². The Morgan fingerprint density at radius 1 is 1.40 bits per heavy atom. The monoisotopic (exact) mass is 215 g/mol. The van der Waals surface area contributed by atoms with Gasteiger partial charge in [-0.25, -0.2) is 0 Å². The topological polar surface area (TPSA) is 52.3 Å². The third-order valence-electron chi connectivity index (χ3n) is 3.69. The summed E-state index contributed by atoms with van der Waals surface area (Å²) in [6.07, 6.45) is 2.23. The maximum absolute atomic E-state index is 11.4. The molecule has 0 aliphatic heterocycles. The highest BCUT2D eigenvalue weighted by Crippen LogP contribution is 2.39. The maximum atomic E-state index is 11.4. The second-order valence-electron chi connectivity index (χ2n) is 4.51. The maximum Gasteiger partial charge on any atom is 0.306 e. The predicted octanol–water partition coefficient (Wildman–Crippen LogP) is 2.34. The van der Waals surface area contributed by atoms with Crippen molar-refractivity contribution in [2.24, 2.45) is 17.1 Å². The van der Waals surface area contributed by atoms with Crippen LogP contribution in [0.1, 0.15) is 47.0 Å². The second kappa shape index (κ2) is 6.11. The van der Waals surface area contributed by atoms with E-state index in [1.54, 1.807) is 0 Å². The van der Waals surface area contributed by atoms with Gasteiger partial charge >= 0.3 is 5.97 Å². The molecule has 90 valence electrons. The SMILES string of the molecule is CCC(N)C(CC)(CC(=O)OC)C(C)C. The van der Waals surface area contributed by atoms with Crippen LogP contribution in [0.3, 0.4) is 0 Å². The van der Waals surface area contributed by atoms with Crippen LogP contribution in [0.15, 0.2) is 0 Å². The van der Waals surface area contributed by atoms with Crippen LogP contribution in [-0.4, -0.2) is 19.1 Å². The molecule has 0 aromatic heterocycles. The summed E-state index contributed by atoms with van der Waals surface area (Å²) in [7, 11) is 1.43. The van der Waals surface area contributed by atoms with E-state index in [0.29, 0.717) is 12.3 Å². The molecule has 0 saturated heterocycles. The number of hydrogen-bond donors (Lipinski definition) is 1. The molecule has 0 amide bonds. The van der Waals surface area contributed by atoms with Gasteiger partial charge in [0.1, 0.15) is 0 Å². The lowest BCUT2D eigenvalue weighted by molar-refractivity contribution is -0.145. The van der Waals surface area contributed by atoms with E-state index in [9.17, 15) is 4.79 Å². The zero-order valence-corrected chi connectivity index (χ0v) is 10.7. The first-order valence-electron chi connectivity index (χ1n) is 5.77. The van der Waals surface area contributed by atoms with Gasteiger partial charge in [0.25, 0.3) is 0 Å². The quantitative estimate of drug-likeness (QED) is 0.692. The number of carbonyl (C=O) groups excluding carboxylic acids is 1. The van der Waals surface area contributed by atoms with Gasteiger partial charge in [-0.2, -0.15) is 0 Å². The van der Waals surface area contributed by atoms with Crippen molar-refractivity contribution in [1.82, 2.24) is 0 Å². The van der Waals surface area contributed by atoms with E-state index in [0.717, 1.165) is 12.8 Å². The molecular weight excluding hydrogens is 190 g/mol. The van der Waals surface area contributed by atoms with Crippen molar-refractivity contribution in [2.75, 3.05) is 7.11 Å². The van der Waals surface area contributed by atoms with Crippen molar-refractivity contribution in [1.29, 1.82) is 0 Å². The highest BCUT2D eigenvalue weighted by atomic mass is 16.5. The summed E-state index contributed by atoms with van der Waals surface area (Å²) < 4.78 is 4.76. The first-order chi connectivity index (χ1) is 6.94. The fraction of sp³-hybridized carbons (Fsp3) is 0.917. The Bertz CT molecular complexity index is 204. The number of rotatable bonds is 6. The summed E-state index contributed by atoms with van der Waals surface area (Å²) >= 11 is 0. The van der Waals surface area contributed by atoms with Crippen molar-refractivity contribution >= 4 is 5.97 Å². The minimum atomic E-state index is -0.158. The molecule has 3 nitrogen and oxygen atoms in total. The number of carbonyl (C=O) groups is 1. The van der Waals surface area contributed by atoms with Crippen LogP contribution in [0.4, 0.5) is 0 Å². The van der Waals surface area contributed by atoms with E-state index in [1.165, 1.54) is 7.11 Å². The molecule has 0 aliphatic rings. The van der Waals surface area contributed by atoms with E-state index in [2.05, 4.69) is 27.7 Å². The fourth-order valence-electron chi connectivity index (χ4n) is 2.31. The first-order valence-corrected chi connectivity index (χ1v) is 5.77. The summed E-state index contributed by atoms with van der Waals surface area (Å²) in [5.41, 5.74) is 6.04. The van der Waals surface area contributed by atoms with Gasteiger partial charge in [0, 0.05) is 6.04 Å². The number of hydrogen-bond acceptors (Lipinski definition) is 3. The average molecular weight is 215 g/mol. The van der Waals surface area contributed by atoms with Crippen LogP contribution in [0.25, 0.3) is 0 Å². The molecule has 3 heteroatoms. The normalized spacial score (nSPS) is 17.3. The third kappa shape index (κ3) is 3.20. The van der Waals surface area contributed by atoms with E-state index >= 15 is 0 Å². The van der Waals surface area contributed by atoms with Crippen molar-refractivity contribution in [3.05, 3.63) is 0 Å². The molecule has 2 atom stereocenters. The third-order valence-corrected chi connectivity index (χ3v) is 3.69. The molecule has 0 saturated carbocycles. The Labute approximate surface area is 93.4 Å². The Hall–Kier alpha value is -0.570. The van der Waals surface area contributed by atoms with Gasteiger partial charge in [0.05, 0.1) is 13.5 Å². The molecule has 0 aliphatic carbocycles. The molecule has 0 spiro atoms. The molecule has 0 fully saturated rings. The van der Waals surface area contributed by atoms with E-state index in [1.807, 2.05) is 0 Å². The summed E-state index contributed by atoms with van der Waals surface area (Å²) in [5, 5.41) is 0. The standard InChI is InChI=1S/C12H25NO2/c1-6-10(13)12(7-2,9(3)4)8-11(14)15-5/h9-10H,6-8,13H2,1-5H3. The molecule has 0 rings (SSSR count). The molecule has 0 bridgehead atoms. The Morgan fingerprint density at radius 2 is 1.93 bits per heavy atom. The van der Waals surface area contributed by atoms with Crippen LogP contribution in [0.5, 0.6) is 0 Å². The lowest BCUT2D eigenvalue weighted by Crippen LogP contribution is -2.46. The Morgan fingerprint density at radius 3 is 2.20 bits per heavy atom. The first kappa shape index (κ1) is 14.4. The van der Waals surface area contributed by atoms with Crippen LogP contribution >= 0.6 is 0 Å². The molecular formula is C12H25NO2. The average Bonchev–Trinajstić information content (AvgIpc) is 2.23. The molecule has 0 heterocycles. The van der Waals surface area contributed by atoms with Gasteiger partial charge in [-0.05, 0) is 24.2 Å². The molecule has 2 N–H and O–H groups in total. The lowest BCUT2D eigenvalue weighted by Gasteiger charge is -2.41. The summed E-state index contributed by atoms with van der Waals surface area (Å²) in [5.74, 6) is 0.228. The number of methoxy groups -OCH3 is 1. The van der Waals surface area contributed by atoms with Gasteiger partial charge in [-0.15, -0.1) is 0 Å². The van der Waals surface area contributed by atoms with E-state index < -0.39 is 0 Å². The van der Waals surface area contributed by atoms with Gasteiger partial charge < -0.3 is 10.5 Å². The zero-order chi connectivity index (χ0) is 12.1. The zero-order valence-electron chi connectivity index (χ0n) is 10.7. The number of nitrogens with two attached hydrogens (primary N) is 1. The minimum absolute atomic E-state index is 0.0570. The van der Waals surface area contributed by atoms with E-state index in [4.69, 9.17) is 10.5 Å². The smallest absolute Gasteiger partial charge is 0.306 e. The molecule has 15 heavy (non-hydrogen) atoms. The summed E-state index contributed by atoms with van der Waals surface area (Å²) in [6.45, 7) is 8.41. The number of ether oxygens (including phenoxy) is 1. The van der Waals surface area contributed by atoms with E-state index in [-0.39, 0.29) is 17.4 Å². The molecule has 0 radical (unpaired) electrons. The predicted molar refractivity (Wildman–Crippen MR) is 62.5 cm³/mol. The van der Waals surface area contributed by atoms with Gasteiger partial charge in [-0.3, -0.25) is 4.79 Å². The van der Waals surface area contributed by atoms with Crippen LogP contribution in [0.2, 0.25) is 0 Å². The van der Waals surface area contributed by atoms with Crippen molar-refractivity contribution < 1.29 is 9.53 Å². The molecule has 0 aromatic rings.